The maximum Gasteiger partial charge on any atom is 0.191 e. The fraction of sp³-hybridized carbons (Fsp3) is 0.562. The van der Waals surface area contributed by atoms with Crippen LogP contribution >= 0.6 is 11.8 Å². The molecule has 1 aliphatic heterocycles. The number of nitrogens with zero attached hydrogens (tertiary/aromatic N) is 2. The number of aliphatic imine (C=N–C) groups is 1. The fourth-order valence-corrected chi connectivity index (χ4v) is 3.04. The number of unbranched alkanes of at least 4 members (excludes halogenated alkanes) is 1. The minimum atomic E-state index is 0.612. The molecule has 0 atom stereocenters. The van der Waals surface area contributed by atoms with Crippen molar-refractivity contribution in [2.24, 2.45) is 10.7 Å². The number of hydrogen-bond donors (Lipinski definition) is 1. The van der Waals surface area contributed by atoms with Crippen molar-refractivity contribution in [1.29, 1.82) is 0 Å². The van der Waals surface area contributed by atoms with Gasteiger partial charge in [0.15, 0.2) is 5.96 Å². The zero-order valence-corrected chi connectivity index (χ0v) is 13.6. The van der Waals surface area contributed by atoms with Gasteiger partial charge in [-0.1, -0.05) is 25.5 Å². The summed E-state index contributed by atoms with van der Waals surface area (Å²) in [7, 11) is 0. The van der Waals surface area contributed by atoms with Gasteiger partial charge in [-0.25, -0.2) is 4.99 Å². The van der Waals surface area contributed by atoms with Gasteiger partial charge in [0.2, 0.25) is 0 Å². The molecule has 1 aromatic carbocycles. The lowest BCUT2D eigenvalue weighted by atomic mass is 10.2. The predicted molar refractivity (Wildman–Crippen MR) is 91.1 cm³/mol. The van der Waals surface area contributed by atoms with Gasteiger partial charge in [0, 0.05) is 24.6 Å². The van der Waals surface area contributed by atoms with Crippen LogP contribution in [0.15, 0.2) is 29.3 Å². The van der Waals surface area contributed by atoms with Gasteiger partial charge in [0.25, 0.3) is 0 Å². The van der Waals surface area contributed by atoms with Crippen molar-refractivity contribution < 1.29 is 4.74 Å². The highest BCUT2D eigenvalue weighted by Gasteiger charge is 2.11. The van der Waals surface area contributed by atoms with E-state index in [0.717, 1.165) is 55.4 Å². The zero-order valence-electron chi connectivity index (χ0n) is 12.8. The normalized spacial score (nSPS) is 16.0. The minimum Gasteiger partial charge on any atom is -0.494 e. The maximum atomic E-state index is 6.07. The highest BCUT2D eigenvalue weighted by atomic mass is 32.2. The number of hydrogen-bond acceptors (Lipinski definition) is 3. The molecule has 0 saturated carbocycles. The van der Waals surface area contributed by atoms with Crippen LogP contribution in [-0.4, -0.2) is 42.1 Å². The Balaban J connectivity index is 1.88. The van der Waals surface area contributed by atoms with Gasteiger partial charge in [-0.2, -0.15) is 11.8 Å². The van der Waals surface area contributed by atoms with Crippen molar-refractivity contribution in [3.8, 4) is 5.75 Å². The van der Waals surface area contributed by atoms with Gasteiger partial charge in [-0.3, -0.25) is 0 Å². The third-order valence-electron chi connectivity index (χ3n) is 3.42. The number of nitrogens with two attached hydrogens (primary N) is 1. The summed E-state index contributed by atoms with van der Waals surface area (Å²) in [5.74, 6) is 3.85. The van der Waals surface area contributed by atoms with Gasteiger partial charge < -0.3 is 15.4 Å². The van der Waals surface area contributed by atoms with Crippen LogP contribution in [0, 0.1) is 0 Å². The highest BCUT2D eigenvalue weighted by Crippen LogP contribution is 2.15. The molecule has 116 valence electrons. The van der Waals surface area contributed by atoms with Gasteiger partial charge in [0.1, 0.15) is 5.75 Å². The van der Waals surface area contributed by atoms with Gasteiger partial charge in [-0.15, -0.1) is 0 Å². The molecular weight excluding hydrogens is 282 g/mol. The van der Waals surface area contributed by atoms with Crippen LogP contribution in [0.25, 0.3) is 0 Å². The summed E-state index contributed by atoms with van der Waals surface area (Å²) in [6, 6.07) is 8.13. The standard InChI is InChI=1S/C16H25N3OS/c1-2-3-9-20-15-6-4-5-14(12-15)13-18-16(17)19-7-10-21-11-8-19/h4-6,12H,2-3,7-11,13H2,1H3,(H2,17,18). The summed E-state index contributed by atoms with van der Waals surface area (Å²) in [4.78, 5) is 6.68. The Labute approximate surface area is 131 Å². The molecule has 1 aliphatic rings. The number of thioether (sulfide) groups is 1. The molecule has 0 aromatic heterocycles. The number of guanidine groups is 1. The van der Waals surface area contributed by atoms with Crippen LogP contribution in [0.2, 0.25) is 0 Å². The van der Waals surface area contributed by atoms with Gasteiger partial charge in [0.05, 0.1) is 13.2 Å². The lowest BCUT2D eigenvalue weighted by Gasteiger charge is -2.27. The van der Waals surface area contributed by atoms with Crippen molar-refractivity contribution in [3.05, 3.63) is 29.8 Å². The Morgan fingerprint density at radius 2 is 2.19 bits per heavy atom. The summed E-state index contributed by atoms with van der Waals surface area (Å²) >= 11 is 1.97. The predicted octanol–water partition coefficient (Wildman–Crippen LogP) is 2.73. The summed E-state index contributed by atoms with van der Waals surface area (Å²) in [6.07, 6.45) is 2.23. The van der Waals surface area contributed by atoms with E-state index in [1.165, 1.54) is 0 Å². The molecule has 2 N–H and O–H groups in total. The van der Waals surface area contributed by atoms with E-state index in [2.05, 4.69) is 28.9 Å². The van der Waals surface area contributed by atoms with Gasteiger partial charge >= 0.3 is 0 Å². The molecular formula is C16H25N3OS. The number of rotatable bonds is 6. The van der Waals surface area contributed by atoms with E-state index in [4.69, 9.17) is 10.5 Å². The first-order valence-electron chi connectivity index (χ1n) is 7.64. The molecule has 4 nitrogen and oxygen atoms in total. The lowest BCUT2D eigenvalue weighted by Crippen LogP contribution is -2.42. The molecule has 1 aromatic rings. The molecule has 0 radical (unpaired) electrons. The van der Waals surface area contributed by atoms with Crippen molar-refractivity contribution in [3.63, 3.8) is 0 Å². The number of ether oxygens (including phenoxy) is 1. The number of benzene rings is 1. The van der Waals surface area contributed by atoms with Crippen molar-refractivity contribution in [2.45, 2.75) is 26.3 Å². The average molecular weight is 307 g/mol. The second-order valence-electron chi connectivity index (χ2n) is 5.12. The van der Waals surface area contributed by atoms with Crippen molar-refractivity contribution in [2.75, 3.05) is 31.2 Å². The zero-order chi connectivity index (χ0) is 14.9. The van der Waals surface area contributed by atoms with Crippen LogP contribution in [0.5, 0.6) is 5.75 Å². The Kier molecular flexibility index (Phi) is 6.73. The molecule has 0 spiro atoms. The smallest absolute Gasteiger partial charge is 0.191 e. The van der Waals surface area contributed by atoms with Gasteiger partial charge in [-0.05, 0) is 24.1 Å². The third-order valence-corrected chi connectivity index (χ3v) is 4.37. The van der Waals surface area contributed by atoms with E-state index in [0.29, 0.717) is 12.5 Å². The van der Waals surface area contributed by atoms with Crippen LogP contribution in [-0.2, 0) is 6.54 Å². The molecule has 1 fully saturated rings. The fourth-order valence-electron chi connectivity index (χ4n) is 2.13. The molecule has 1 saturated heterocycles. The monoisotopic (exact) mass is 307 g/mol. The lowest BCUT2D eigenvalue weighted by molar-refractivity contribution is 0.309. The Morgan fingerprint density at radius 3 is 2.95 bits per heavy atom. The van der Waals surface area contributed by atoms with E-state index in [1.807, 2.05) is 23.9 Å². The Bertz CT molecular complexity index is 459. The van der Waals surface area contributed by atoms with Crippen LogP contribution in [0.1, 0.15) is 25.3 Å². The summed E-state index contributed by atoms with van der Waals surface area (Å²) in [5.41, 5.74) is 7.21. The average Bonchev–Trinajstić information content (AvgIpc) is 2.54. The Morgan fingerprint density at radius 1 is 1.38 bits per heavy atom. The molecule has 21 heavy (non-hydrogen) atoms. The maximum absolute atomic E-state index is 6.07. The van der Waals surface area contributed by atoms with Crippen LogP contribution in [0.3, 0.4) is 0 Å². The van der Waals surface area contributed by atoms with Crippen molar-refractivity contribution >= 4 is 17.7 Å². The van der Waals surface area contributed by atoms with Crippen LogP contribution in [0.4, 0.5) is 0 Å². The second-order valence-corrected chi connectivity index (χ2v) is 6.35. The largest absolute Gasteiger partial charge is 0.494 e. The molecule has 0 unspecified atom stereocenters. The topological polar surface area (TPSA) is 50.9 Å². The molecule has 0 aliphatic carbocycles. The highest BCUT2D eigenvalue weighted by molar-refractivity contribution is 7.99. The molecule has 2 rings (SSSR count). The molecule has 0 bridgehead atoms. The minimum absolute atomic E-state index is 0.612. The molecule has 0 amide bonds. The van der Waals surface area contributed by atoms with E-state index < -0.39 is 0 Å². The molecule has 1 heterocycles. The van der Waals surface area contributed by atoms with Crippen LogP contribution < -0.4 is 10.5 Å². The third kappa shape index (κ3) is 5.50. The second kappa shape index (κ2) is 8.82. The summed E-state index contributed by atoms with van der Waals surface area (Å²) < 4.78 is 5.72. The first kappa shape index (κ1) is 16.0. The van der Waals surface area contributed by atoms with E-state index >= 15 is 0 Å². The quantitative estimate of drug-likeness (QED) is 0.499. The van der Waals surface area contributed by atoms with E-state index in [1.54, 1.807) is 0 Å². The van der Waals surface area contributed by atoms with Crippen molar-refractivity contribution in [1.82, 2.24) is 4.90 Å². The molecule has 5 heteroatoms. The SMILES string of the molecule is CCCCOc1cccc(CN=C(N)N2CCSCC2)c1. The summed E-state index contributed by atoms with van der Waals surface area (Å²) in [5, 5.41) is 0. The van der Waals surface area contributed by atoms with E-state index in [9.17, 15) is 0 Å². The van der Waals surface area contributed by atoms with E-state index in [-0.39, 0.29) is 0 Å². The first-order chi connectivity index (χ1) is 10.3. The Hall–Kier alpha value is -1.36. The first-order valence-corrected chi connectivity index (χ1v) is 8.79. The summed E-state index contributed by atoms with van der Waals surface area (Å²) in [6.45, 7) is 5.55.